The van der Waals surface area contributed by atoms with E-state index in [1.807, 2.05) is 6.92 Å². The van der Waals surface area contributed by atoms with E-state index < -0.39 is 15.6 Å². The summed E-state index contributed by atoms with van der Waals surface area (Å²) in [5.74, 6) is 0. The summed E-state index contributed by atoms with van der Waals surface area (Å²) in [6.07, 6.45) is 0.473. The summed E-state index contributed by atoms with van der Waals surface area (Å²) < 4.78 is 27.2. The van der Waals surface area contributed by atoms with Gasteiger partial charge in [0, 0.05) is 0 Å². The second-order valence-corrected chi connectivity index (χ2v) is 7.78. The Morgan fingerprint density at radius 2 is 2.24 bits per heavy atom. The van der Waals surface area contributed by atoms with Crippen molar-refractivity contribution >= 4 is 50.2 Å². The smallest absolute Gasteiger partial charge is 0.250 e. The lowest BCUT2D eigenvalue weighted by molar-refractivity contribution is 0.513. The highest BCUT2D eigenvalue weighted by Gasteiger charge is 2.32. The SMILES string of the molecule is CCC(C)(NS(=O)(=O)c1ccc(Cl)s1)C(N)=S. The lowest BCUT2D eigenvalue weighted by Gasteiger charge is -2.27. The predicted molar refractivity (Wildman–Crippen MR) is 75.1 cm³/mol. The minimum atomic E-state index is -3.64. The van der Waals surface area contributed by atoms with Gasteiger partial charge in [-0.2, -0.15) is 4.72 Å². The molecule has 0 amide bonds. The molecule has 8 heteroatoms. The van der Waals surface area contributed by atoms with E-state index in [-0.39, 0.29) is 9.20 Å². The summed E-state index contributed by atoms with van der Waals surface area (Å²) in [6.45, 7) is 3.46. The van der Waals surface area contributed by atoms with Crippen molar-refractivity contribution in [1.82, 2.24) is 4.72 Å². The van der Waals surface area contributed by atoms with Gasteiger partial charge >= 0.3 is 0 Å². The van der Waals surface area contributed by atoms with Gasteiger partial charge in [0.1, 0.15) is 4.21 Å². The fourth-order valence-corrected chi connectivity index (χ4v) is 4.29. The van der Waals surface area contributed by atoms with E-state index in [1.54, 1.807) is 6.92 Å². The Hall–Kier alpha value is -0.210. The summed E-state index contributed by atoms with van der Waals surface area (Å²) in [6, 6.07) is 2.98. The number of hydrogen-bond acceptors (Lipinski definition) is 4. The molecule has 0 aromatic carbocycles. The van der Waals surface area contributed by atoms with Crippen LogP contribution in [0, 0.1) is 0 Å². The molecule has 1 atom stereocenters. The molecule has 1 aromatic rings. The topological polar surface area (TPSA) is 72.2 Å². The minimum Gasteiger partial charge on any atom is -0.392 e. The van der Waals surface area contributed by atoms with Crippen molar-refractivity contribution in [2.75, 3.05) is 0 Å². The van der Waals surface area contributed by atoms with Gasteiger partial charge in [0.2, 0.25) is 0 Å². The first kappa shape index (κ1) is 14.8. The fraction of sp³-hybridized carbons (Fsp3) is 0.444. The van der Waals surface area contributed by atoms with Crippen LogP contribution in [0.2, 0.25) is 4.34 Å². The third-order valence-corrected chi connectivity index (χ3v) is 6.19. The maximum atomic E-state index is 12.0. The second kappa shape index (κ2) is 5.19. The van der Waals surface area contributed by atoms with Gasteiger partial charge in [-0.3, -0.25) is 0 Å². The van der Waals surface area contributed by atoms with Gasteiger partial charge in [0.15, 0.2) is 0 Å². The first-order valence-corrected chi connectivity index (χ1v) is 7.89. The monoisotopic (exact) mass is 312 g/mol. The average molecular weight is 313 g/mol. The predicted octanol–water partition coefficient (Wildman–Crippen LogP) is 2.13. The molecule has 0 aliphatic heterocycles. The Labute approximate surface area is 115 Å². The van der Waals surface area contributed by atoms with E-state index in [2.05, 4.69) is 4.72 Å². The number of rotatable bonds is 5. The van der Waals surface area contributed by atoms with E-state index >= 15 is 0 Å². The number of nitrogens with two attached hydrogens (primary N) is 1. The Bertz CT molecular complexity index is 526. The zero-order valence-electron chi connectivity index (χ0n) is 9.36. The van der Waals surface area contributed by atoms with Gasteiger partial charge < -0.3 is 5.73 Å². The molecule has 0 saturated carbocycles. The lowest BCUT2D eigenvalue weighted by Crippen LogP contribution is -2.53. The fourth-order valence-electron chi connectivity index (χ4n) is 1.09. The number of halogens is 1. The Morgan fingerprint density at radius 1 is 1.65 bits per heavy atom. The molecule has 1 rings (SSSR count). The molecule has 3 N–H and O–H groups in total. The summed E-state index contributed by atoms with van der Waals surface area (Å²) in [7, 11) is -3.64. The molecule has 4 nitrogen and oxygen atoms in total. The van der Waals surface area contributed by atoms with E-state index in [1.165, 1.54) is 12.1 Å². The number of hydrogen-bond donors (Lipinski definition) is 2. The van der Waals surface area contributed by atoms with Crippen LogP contribution in [-0.4, -0.2) is 18.9 Å². The maximum absolute atomic E-state index is 12.0. The molecule has 17 heavy (non-hydrogen) atoms. The van der Waals surface area contributed by atoms with Crippen molar-refractivity contribution in [3.63, 3.8) is 0 Å². The van der Waals surface area contributed by atoms with E-state index in [0.717, 1.165) is 11.3 Å². The van der Waals surface area contributed by atoms with Gasteiger partial charge in [0.25, 0.3) is 10.0 Å². The van der Waals surface area contributed by atoms with Gasteiger partial charge in [-0.1, -0.05) is 30.7 Å². The molecule has 96 valence electrons. The zero-order chi connectivity index (χ0) is 13.3. The summed E-state index contributed by atoms with van der Waals surface area (Å²) in [5, 5.41) is 0. The van der Waals surface area contributed by atoms with Crippen LogP contribution in [0.1, 0.15) is 20.3 Å². The molecule has 0 aliphatic carbocycles. The van der Waals surface area contributed by atoms with Crippen molar-refractivity contribution in [3.8, 4) is 0 Å². The number of nitrogens with one attached hydrogen (secondary N) is 1. The zero-order valence-corrected chi connectivity index (χ0v) is 12.6. The van der Waals surface area contributed by atoms with E-state index in [4.69, 9.17) is 29.6 Å². The minimum absolute atomic E-state index is 0.117. The Morgan fingerprint density at radius 3 is 2.59 bits per heavy atom. The van der Waals surface area contributed by atoms with E-state index in [0.29, 0.717) is 10.8 Å². The lowest BCUT2D eigenvalue weighted by atomic mass is 10.0. The molecule has 0 bridgehead atoms. The summed E-state index contributed by atoms with van der Waals surface area (Å²) in [4.78, 5) is 0.117. The van der Waals surface area contributed by atoms with Gasteiger partial charge in [-0.25, -0.2) is 8.42 Å². The molecule has 0 fully saturated rings. The molecule has 0 spiro atoms. The number of sulfonamides is 1. The standard InChI is InChI=1S/C9H13ClN2O2S3/c1-3-9(2,8(11)15)12-17(13,14)7-5-4-6(10)16-7/h4-5,12H,3H2,1-2H3,(H2,11,15). The number of thiocarbonyl (C=S) groups is 1. The van der Waals surface area contributed by atoms with Crippen LogP contribution in [0.4, 0.5) is 0 Å². The first-order chi connectivity index (χ1) is 7.71. The van der Waals surface area contributed by atoms with Crippen LogP contribution >= 0.6 is 35.2 Å². The largest absolute Gasteiger partial charge is 0.392 e. The van der Waals surface area contributed by atoms with Crippen molar-refractivity contribution in [2.45, 2.75) is 30.0 Å². The quantitative estimate of drug-likeness (QED) is 0.817. The van der Waals surface area contributed by atoms with Crippen molar-refractivity contribution < 1.29 is 8.42 Å². The molecule has 0 saturated heterocycles. The van der Waals surface area contributed by atoms with Crippen LogP contribution in [0.5, 0.6) is 0 Å². The van der Waals surface area contributed by atoms with Crippen LogP contribution in [0.15, 0.2) is 16.3 Å². The highest BCUT2D eigenvalue weighted by Crippen LogP contribution is 2.26. The van der Waals surface area contributed by atoms with Crippen molar-refractivity contribution in [3.05, 3.63) is 16.5 Å². The highest BCUT2D eigenvalue weighted by molar-refractivity contribution is 7.91. The van der Waals surface area contributed by atoms with Crippen LogP contribution in [0.3, 0.4) is 0 Å². The van der Waals surface area contributed by atoms with Gasteiger partial charge in [-0.05, 0) is 25.5 Å². The molecule has 1 aromatic heterocycles. The highest BCUT2D eigenvalue weighted by atomic mass is 35.5. The van der Waals surface area contributed by atoms with Crippen LogP contribution < -0.4 is 10.5 Å². The molecular weight excluding hydrogens is 300 g/mol. The first-order valence-electron chi connectivity index (χ1n) is 4.80. The van der Waals surface area contributed by atoms with Gasteiger partial charge in [-0.15, -0.1) is 11.3 Å². The molecule has 1 unspecified atom stereocenters. The normalized spacial score (nSPS) is 15.5. The Balaban J connectivity index is 3.06. The van der Waals surface area contributed by atoms with Gasteiger partial charge in [0.05, 0.1) is 14.9 Å². The molecular formula is C9H13ClN2O2S3. The number of thiophene rings is 1. The maximum Gasteiger partial charge on any atom is 0.250 e. The molecule has 0 aliphatic rings. The van der Waals surface area contributed by atoms with Crippen molar-refractivity contribution in [1.29, 1.82) is 0 Å². The second-order valence-electron chi connectivity index (χ2n) is 3.71. The molecule has 0 radical (unpaired) electrons. The average Bonchev–Trinajstić information content (AvgIpc) is 2.64. The summed E-state index contributed by atoms with van der Waals surface area (Å²) >= 11 is 11.6. The Kier molecular flexibility index (Phi) is 4.54. The van der Waals surface area contributed by atoms with Crippen LogP contribution in [0.25, 0.3) is 0 Å². The van der Waals surface area contributed by atoms with E-state index in [9.17, 15) is 8.42 Å². The molecule has 1 heterocycles. The third-order valence-electron chi connectivity index (χ3n) is 2.42. The summed E-state index contributed by atoms with van der Waals surface area (Å²) in [5.41, 5.74) is 4.63. The third kappa shape index (κ3) is 3.38. The van der Waals surface area contributed by atoms with Crippen LogP contribution in [-0.2, 0) is 10.0 Å². The van der Waals surface area contributed by atoms with Crippen molar-refractivity contribution in [2.24, 2.45) is 5.73 Å².